The van der Waals surface area contributed by atoms with Crippen LogP contribution in [-0.4, -0.2) is 80.6 Å². The van der Waals surface area contributed by atoms with Crippen molar-refractivity contribution in [2.45, 2.75) is 49.5 Å². The summed E-state index contributed by atoms with van der Waals surface area (Å²) in [7, 11) is 6.04. The molecule has 0 radical (unpaired) electrons. The molecule has 2 N–H and O–H groups in total. The van der Waals surface area contributed by atoms with Gasteiger partial charge in [0.25, 0.3) is 0 Å². The summed E-state index contributed by atoms with van der Waals surface area (Å²) in [5.41, 5.74) is 17.8. The fourth-order valence-electron chi connectivity index (χ4n) is 8.70. The SMILES string of the molecule is C.C.Cc1[nH]cc2c1nc1ccccn12.Cc1c2c(cn1C)nc1ccccn12.Cc1nc2c(cc3ccccn32)[nH]1.Cc1nc2c(nc3ccccn32)n1C.Cc1nc2nc3ccccn3c2n1C. The van der Waals surface area contributed by atoms with Crippen LogP contribution in [0.5, 0.6) is 0 Å². The average Bonchev–Trinajstić information content (AvgIpc) is 4.24. The van der Waals surface area contributed by atoms with Gasteiger partial charge in [0.2, 0.25) is 0 Å². The Hall–Kier alpha value is -8.99. The molecule has 15 aromatic heterocycles. The highest BCUT2D eigenvalue weighted by atomic mass is 15.2. The van der Waals surface area contributed by atoms with Gasteiger partial charge in [-0.05, 0) is 101 Å². The van der Waals surface area contributed by atoms with E-state index >= 15 is 0 Å². The predicted molar refractivity (Wildman–Crippen MR) is 282 cm³/mol. The zero-order chi connectivity index (χ0) is 46.8. The Morgan fingerprint density at radius 2 is 1.09 bits per heavy atom. The second-order valence-electron chi connectivity index (χ2n) is 16.8. The van der Waals surface area contributed by atoms with Crippen LogP contribution in [-0.2, 0) is 21.1 Å². The topological polar surface area (TPSA) is 159 Å². The van der Waals surface area contributed by atoms with Crippen LogP contribution >= 0.6 is 0 Å². The first kappa shape index (κ1) is 46.1. The molecule has 17 heteroatoms. The summed E-state index contributed by atoms with van der Waals surface area (Å²) < 4.78 is 16.5. The van der Waals surface area contributed by atoms with E-state index in [9.17, 15) is 0 Å². The van der Waals surface area contributed by atoms with E-state index in [4.69, 9.17) is 0 Å². The molecule has 0 unspecified atom stereocenters. The van der Waals surface area contributed by atoms with Gasteiger partial charge in [0.05, 0.1) is 16.6 Å². The first-order chi connectivity index (χ1) is 33.0. The highest BCUT2D eigenvalue weighted by Crippen LogP contribution is 2.22. The largest absolute Gasteiger partial charge is 0.362 e. The number of aromatic nitrogens is 17. The lowest BCUT2D eigenvalue weighted by atomic mass is 10.4. The van der Waals surface area contributed by atoms with E-state index in [1.807, 2.05) is 174 Å². The molecule has 0 saturated heterocycles. The first-order valence-electron chi connectivity index (χ1n) is 22.3. The molecule has 15 rings (SSSR count). The van der Waals surface area contributed by atoms with Crippen LogP contribution in [0.1, 0.15) is 43.7 Å². The minimum absolute atomic E-state index is 0. The summed E-state index contributed by atoms with van der Waals surface area (Å²) in [5, 5.41) is 0. The molecular weight excluding hydrogens is 875 g/mol. The van der Waals surface area contributed by atoms with Crippen LogP contribution in [0.2, 0.25) is 0 Å². The Morgan fingerprint density at radius 1 is 0.500 bits per heavy atom. The van der Waals surface area contributed by atoms with Gasteiger partial charge in [-0.25, -0.2) is 34.9 Å². The minimum Gasteiger partial charge on any atom is -0.362 e. The van der Waals surface area contributed by atoms with E-state index in [0.29, 0.717) is 0 Å². The molecule has 15 heterocycles. The van der Waals surface area contributed by atoms with E-state index in [-0.39, 0.29) is 14.9 Å². The monoisotopic (exact) mass is 931 g/mol. The van der Waals surface area contributed by atoms with Crippen molar-refractivity contribution < 1.29 is 0 Å². The van der Waals surface area contributed by atoms with Crippen LogP contribution in [0.4, 0.5) is 0 Å². The second-order valence-corrected chi connectivity index (χ2v) is 16.8. The highest BCUT2D eigenvalue weighted by Gasteiger charge is 2.13. The fourth-order valence-corrected chi connectivity index (χ4v) is 8.70. The summed E-state index contributed by atoms with van der Waals surface area (Å²) >= 11 is 0. The molecule has 0 atom stereocenters. The molecule has 0 bridgehead atoms. The highest BCUT2D eigenvalue weighted by molar-refractivity contribution is 5.84. The molecule has 0 spiro atoms. The number of nitrogens with one attached hydrogen (secondary N) is 2. The molecule has 17 nitrogen and oxygen atoms in total. The number of aryl methyl sites for hydroxylation is 8. The van der Waals surface area contributed by atoms with Crippen molar-refractivity contribution in [1.82, 2.24) is 80.6 Å². The van der Waals surface area contributed by atoms with Gasteiger partial charge in [-0.1, -0.05) is 45.2 Å². The number of rotatable bonds is 0. The van der Waals surface area contributed by atoms with Crippen molar-refractivity contribution in [3.05, 3.63) is 169 Å². The third kappa shape index (κ3) is 7.85. The van der Waals surface area contributed by atoms with Gasteiger partial charge in [-0.3, -0.25) is 22.0 Å². The van der Waals surface area contributed by atoms with E-state index in [1.54, 1.807) is 0 Å². The number of aromatic amines is 2. The lowest BCUT2D eigenvalue weighted by Crippen LogP contribution is -1.95. The smallest absolute Gasteiger partial charge is 0.198 e. The van der Waals surface area contributed by atoms with E-state index in [0.717, 1.165) is 96.1 Å². The standard InChI is InChI=1S/C11H11N3.2C10H10N4.2C10H9N3.2CH4/c1-8-11-9(7-13(8)2)12-10-5-3-4-6-14(10)11;1-7-11-10-9(13(7)2)12-8-5-3-4-6-14(8)10;1-7-11-9-10(13(7)2)14-6-4-3-5-8(14)12-9;1-7-10-8(6-11-7)13-5-3-2-4-9(13)12-10;1-7-11-9-6-8-4-2-3-5-13(8)10(9)12-7;;/h3-7H,1-2H3;2*3-6H,1-2H3;2-6,11H,1H3;2-6H,1H3,(H,11,12);2*1H4. The van der Waals surface area contributed by atoms with Crippen LogP contribution in [0.15, 0.2) is 140 Å². The molecular formula is C53H57N17. The molecule has 0 aromatic carbocycles. The van der Waals surface area contributed by atoms with Crippen molar-refractivity contribution >= 4 is 83.9 Å². The van der Waals surface area contributed by atoms with Gasteiger partial charge < -0.3 is 23.7 Å². The molecule has 354 valence electrons. The number of imidazole rings is 7. The fraction of sp³-hybridized carbons (Fsp3) is 0.189. The van der Waals surface area contributed by atoms with Crippen molar-refractivity contribution in [1.29, 1.82) is 0 Å². The van der Waals surface area contributed by atoms with Gasteiger partial charge in [0.15, 0.2) is 28.2 Å². The van der Waals surface area contributed by atoms with Crippen LogP contribution in [0.3, 0.4) is 0 Å². The maximum absolute atomic E-state index is 4.54. The van der Waals surface area contributed by atoms with Gasteiger partial charge in [0, 0.05) is 81.4 Å². The third-order valence-corrected chi connectivity index (χ3v) is 12.4. The molecule has 15 aromatic rings. The molecule has 0 fully saturated rings. The lowest BCUT2D eigenvalue weighted by Gasteiger charge is -1.97. The average molecular weight is 932 g/mol. The quantitative estimate of drug-likeness (QED) is 0.153. The normalized spacial score (nSPS) is 11.2. The number of hydrogen-bond acceptors (Lipinski definition) is 7. The van der Waals surface area contributed by atoms with Crippen molar-refractivity contribution in [3.63, 3.8) is 0 Å². The summed E-state index contributed by atoms with van der Waals surface area (Å²) in [6, 6.07) is 32.2. The molecule has 0 saturated carbocycles. The summed E-state index contributed by atoms with van der Waals surface area (Å²) in [4.78, 5) is 37.6. The number of H-pyrrole nitrogens is 2. The number of hydrogen-bond donors (Lipinski definition) is 2. The van der Waals surface area contributed by atoms with Gasteiger partial charge >= 0.3 is 0 Å². The Kier molecular flexibility index (Phi) is 12.0. The third-order valence-electron chi connectivity index (χ3n) is 12.4. The maximum atomic E-state index is 4.54. The Balaban J connectivity index is 0.000000108. The van der Waals surface area contributed by atoms with Crippen LogP contribution in [0.25, 0.3) is 83.9 Å². The Bertz CT molecular complexity index is 4150. The van der Waals surface area contributed by atoms with E-state index in [2.05, 4.69) is 103 Å². The zero-order valence-electron chi connectivity index (χ0n) is 39.0. The first-order valence-corrected chi connectivity index (χ1v) is 22.3. The summed E-state index contributed by atoms with van der Waals surface area (Å²) in [5.74, 6) is 2.93. The van der Waals surface area contributed by atoms with Crippen molar-refractivity contribution in [3.8, 4) is 0 Å². The maximum Gasteiger partial charge on any atom is 0.198 e. The molecule has 0 amide bonds. The molecule has 0 aliphatic carbocycles. The van der Waals surface area contributed by atoms with Crippen molar-refractivity contribution in [2.75, 3.05) is 0 Å². The summed E-state index contributed by atoms with van der Waals surface area (Å²) in [6.07, 6.45) is 14.2. The Morgan fingerprint density at radius 3 is 1.80 bits per heavy atom. The minimum atomic E-state index is 0. The zero-order valence-corrected chi connectivity index (χ0v) is 39.0. The predicted octanol–water partition coefficient (Wildman–Crippen LogP) is 10.7. The number of nitrogens with zero attached hydrogens (tertiary/aromatic N) is 15. The lowest BCUT2D eigenvalue weighted by molar-refractivity contribution is 0.864. The van der Waals surface area contributed by atoms with Gasteiger partial charge in [0.1, 0.15) is 51.1 Å². The Labute approximate surface area is 403 Å². The molecule has 70 heavy (non-hydrogen) atoms. The van der Waals surface area contributed by atoms with Crippen molar-refractivity contribution in [2.24, 2.45) is 21.1 Å². The van der Waals surface area contributed by atoms with E-state index < -0.39 is 0 Å². The molecule has 0 aliphatic heterocycles. The second kappa shape index (κ2) is 18.2. The number of pyridine rings is 5. The van der Waals surface area contributed by atoms with Crippen LogP contribution in [0, 0.1) is 34.6 Å². The van der Waals surface area contributed by atoms with Gasteiger partial charge in [-0.2, -0.15) is 0 Å². The summed E-state index contributed by atoms with van der Waals surface area (Å²) in [6.45, 7) is 10.1. The molecule has 0 aliphatic rings. The van der Waals surface area contributed by atoms with Crippen LogP contribution < -0.4 is 0 Å². The van der Waals surface area contributed by atoms with E-state index in [1.165, 1.54) is 16.7 Å². The number of fused-ring (bicyclic) bond motifs is 15. The van der Waals surface area contributed by atoms with Gasteiger partial charge in [-0.15, -0.1) is 0 Å².